The Morgan fingerprint density at radius 1 is 0.938 bits per heavy atom. The van der Waals surface area contributed by atoms with E-state index >= 15 is 0 Å². The van der Waals surface area contributed by atoms with Crippen LogP contribution < -0.4 is 0 Å². The van der Waals surface area contributed by atoms with Gasteiger partial charge in [0.05, 0.1) is 5.69 Å². The fourth-order valence-electron chi connectivity index (χ4n) is 1.62. The van der Waals surface area contributed by atoms with Gasteiger partial charge in [0, 0.05) is 12.2 Å². The Bertz CT molecular complexity index is 262. The van der Waals surface area contributed by atoms with Crippen molar-refractivity contribution < 1.29 is 0 Å². The van der Waals surface area contributed by atoms with Crippen LogP contribution in [0.1, 0.15) is 64.9 Å². The van der Waals surface area contributed by atoms with Gasteiger partial charge in [-0.2, -0.15) is 5.10 Å². The van der Waals surface area contributed by atoms with E-state index in [4.69, 9.17) is 0 Å². The Labute approximate surface area is 102 Å². The molecule has 0 atom stereocenters. The molecule has 0 aliphatic carbocycles. The molecule has 1 aromatic heterocycles. The van der Waals surface area contributed by atoms with E-state index in [-0.39, 0.29) is 0 Å². The van der Waals surface area contributed by atoms with E-state index in [0.717, 1.165) is 6.54 Å². The van der Waals surface area contributed by atoms with Crippen LogP contribution in [0.3, 0.4) is 0 Å². The lowest BCUT2D eigenvalue weighted by molar-refractivity contribution is 0.650. The number of rotatable bonds is 0. The van der Waals surface area contributed by atoms with Crippen molar-refractivity contribution in [3.63, 3.8) is 0 Å². The van der Waals surface area contributed by atoms with Crippen molar-refractivity contribution in [1.29, 1.82) is 0 Å². The minimum atomic E-state index is 1.13. The molecule has 0 fully saturated rings. The molecule has 1 aliphatic heterocycles. The van der Waals surface area contributed by atoms with Crippen molar-refractivity contribution in [2.75, 3.05) is 0 Å². The van der Waals surface area contributed by atoms with Crippen LogP contribution in [0, 0.1) is 13.8 Å². The third kappa shape index (κ3) is 4.38. The second-order valence-corrected chi connectivity index (χ2v) is 2.98. The van der Waals surface area contributed by atoms with Gasteiger partial charge in [-0.3, -0.25) is 4.68 Å². The van der Waals surface area contributed by atoms with Crippen molar-refractivity contribution in [2.45, 2.75) is 74.8 Å². The zero-order valence-electron chi connectivity index (χ0n) is 12.5. The van der Waals surface area contributed by atoms with Gasteiger partial charge in [-0.05, 0) is 32.3 Å². The molecule has 0 saturated heterocycles. The molecule has 0 amide bonds. The van der Waals surface area contributed by atoms with E-state index in [1.165, 1.54) is 29.8 Å². The summed E-state index contributed by atoms with van der Waals surface area (Å²) in [6.07, 6.45) is 2.51. The maximum atomic E-state index is 4.41. The minimum Gasteiger partial charge on any atom is -0.269 e. The molecule has 0 bridgehead atoms. The van der Waals surface area contributed by atoms with Crippen molar-refractivity contribution >= 4 is 0 Å². The van der Waals surface area contributed by atoms with E-state index in [9.17, 15) is 0 Å². The number of nitrogens with zero attached hydrogens (tertiary/aromatic N) is 2. The zero-order chi connectivity index (χ0) is 13.1. The second kappa shape index (κ2) is 10.7. The summed E-state index contributed by atoms with van der Waals surface area (Å²) >= 11 is 0. The average Bonchev–Trinajstić information content (AvgIpc) is 2.92. The summed E-state index contributed by atoms with van der Waals surface area (Å²) in [6.45, 7) is 17.4. The largest absolute Gasteiger partial charge is 0.269 e. The number of fused-ring (bicyclic) bond motifs is 1. The summed E-state index contributed by atoms with van der Waals surface area (Å²) in [4.78, 5) is 0. The molecule has 2 rings (SSSR count). The van der Waals surface area contributed by atoms with Crippen LogP contribution in [0.4, 0.5) is 0 Å². The standard InChI is InChI=1S/C8H12N2.3C2H6/c1-6-7(2)9-10-5-3-4-8(6)10;3*1-2/h3-5H2,1-2H3;3*1-2H3. The monoisotopic (exact) mass is 226 g/mol. The van der Waals surface area contributed by atoms with E-state index < -0.39 is 0 Å². The molecule has 16 heavy (non-hydrogen) atoms. The van der Waals surface area contributed by atoms with Gasteiger partial charge in [-0.1, -0.05) is 41.5 Å². The smallest absolute Gasteiger partial charge is 0.0625 e. The first-order chi connectivity index (χ1) is 7.79. The molecule has 0 N–H and O–H groups in total. The summed E-state index contributed by atoms with van der Waals surface area (Å²) in [7, 11) is 0. The molecule has 0 saturated carbocycles. The van der Waals surface area contributed by atoms with Crippen LogP contribution in [0.15, 0.2) is 0 Å². The molecule has 0 radical (unpaired) electrons. The van der Waals surface area contributed by atoms with Crippen molar-refractivity contribution in [3.8, 4) is 0 Å². The number of hydrogen-bond acceptors (Lipinski definition) is 1. The lowest BCUT2D eigenvalue weighted by Crippen LogP contribution is -1.93. The topological polar surface area (TPSA) is 17.8 Å². The summed E-state index contributed by atoms with van der Waals surface area (Å²) in [6, 6.07) is 0. The minimum absolute atomic E-state index is 1.13. The maximum absolute atomic E-state index is 4.41. The average molecular weight is 226 g/mol. The maximum Gasteiger partial charge on any atom is 0.0625 e. The third-order valence-electron chi connectivity index (χ3n) is 2.34. The van der Waals surface area contributed by atoms with Crippen molar-refractivity contribution in [3.05, 3.63) is 17.0 Å². The summed E-state index contributed by atoms with van der Waals surface area (Å²) in [5, 5.41) is 4.41. The molecule has 0 aromatic carbocycles. The number of hydrogen-bond donors (Lipinski definition) is 0. The third-order valence-corrected chi connectivity index (χ3v) is 2.34. The second-order valence-electron chi connectivity index (χ2n) is 2.98. The SMILES string of the molecule is CC.CC.CC.Cc1nn2c(c1C)CCC2. The highest BCUT2D eigenvalue weighted by atomic mass is 15.3. The first kappa shape index (κ1) is 17.6. The molecule has 1 aliphatic rings. The highest BCUT2D eigenvalue weighted by Gasteiger charge is 2.15. The van der Waals surface area contributed by atoms with Crippen LogP contribution in [0.25, 0.3) is 0 Å². The Hall–Kier alpha value is -0.790. The molecule has 2 nitrogen and oxygen atoms in total. The van der Waals surface area contributed by atoms with Gasteiger partial charge in [-0.25, -0.2) is 0 Å². The van der Waals surface area contributed by atoms with Crippen LogP contribution >= 0.6 is 0 Å². The van der Waals surface area contributed by atoms with Gasteiger partial charge >= 0.3 is 0 Å². The first-order valence-corrected chi connectivity index (χ1v) is 6.82. The van der Waals surface area contributed by atoms with Gasteiger partial charge in [-0.15, -0.1) is 0 Å². The molecule has 0 unspecified atom stereocenters. The van der Waals surface area contributed by atoms with Gasteiger partial charge in [0.2, 0.25) is 0 Å². The van der Waals surface area contributed by atoms with Crippen molar-refractivity contribution in [1.82, 2.24) is 9.78 Å². The number of aromatic nitrogens is 2. The van der Waals surface area contributed by atoms with Crippen LogP contribution in [-0.2, 0) is 13.0 Å². The lowest BCUT2D eigenvalue weighted by atomic mass is 10.2. The summed E-state index contributed by atoms with van der Waals surface area (Å²) in [5.74, 6) is 0. The van der Waals surface area contributed by atoms with Gasteiger partial charge in [0.25, 0.3) is 0 Å². The summed E-state index contributed by atoms with van der Waals surface area (Å²) < 4.78 is 2.14. The predicted octanol–water partition coefficient (Wildman–Crippen LogP) is 4.52. The Morgan fingerprint density at radius 3 is 1.88 bits per heavy atom. The van der Waals surface area contributed by atoms with Gasteiger partial charge < -0.3 is 0 Å². The first-order valence-electron chi connectivity index (χ1n) is 6.82. The van der Waals surface area contributed by atoms with E-state index in [2.05, 4.69) is 23.6 Å². The molecule has 0 spiro atoms. The van der Waals surface area contributed by atoms with E-state index in [1.54, 1.807) is 0 Å². The highest BCUT2D eigenvalue weighted by molar-refractivity contribution is 5.25. The molecule has 96 valence electrons. The Kier molecular flexibility index (Phi) is 11.8. The van der Waals surface area contributed by atoms with Crippen LogP contribution in [0.2, 0.25) is 0 Å². The number of aryl methyl sites for hydroxylation is 2. The normalized spacial score (nSPS) is 11.0. The van der Waals surface area contributed by atoms with Gasteiger partial charge in [0.1, 0.15) is 0 Å². The van der Waals surface area contributed by atoms with Crippen molar-refractivity contribution in [2.24, 2.45) is 0 Å². The summed E-state index contributed by atoms with van der Waals surface area (Å²) in [5.41, 5.74) is 4.06. The van der Waals surface area contributed by atoms with Crippen LogP contribution in [-0.4, -0.2) is 9.78 Å². The Balaban J connectivity index is 0. The molecule has 2 heteroatoms. The van der Waals surface area contributed by atoms with E-state index in [0.29, 0.717) is 0 Å². The molecular weight excluding hydrogens is 196 g/mol. The predicted molar refractivity (Wildman–Crippen MR) is 74.1 cm³/mol. The van der Waals surface area contributed by atoms with Gasteiger partial charge in [0.15, 0.2) is 0 Å². The molecule has 2 heterocycles. The highest BCUT2D eigenvalue weighted by Crippen LogP contribution is 2.19. The lowest BCUT2D eigenvalue weighted by Gasteiger charge is -1.90. The van der Waals surface area contributed by atoms with E-state index in [1.807, 2.05) is 41.5 Å². The fraction of sp³-hybridized carbons (Fsp3) is 0.786. The zero-order valence-corrected chi connectivity index (χ0v) is 12.5. The molecule has 1 aromatic rings. The fourth-order valence-corrected chi connectivity index (χ4v) is 1.62. The molecular formula is C14H30N2. The van der Waals surface area contributed by atoms with Crippen LogP contribution in [0.5, 0.6) is 0 Å². The Morgan fingerprint density at radius 2 is 1.44 bits per heavy atom. The quantitative estimate of drug-likeness (QED) is 0.636.